The molecule has 2 amide bonds. The highest BCUT2D eigenvalue weighted by molar-refractivity contribution is 7.16. The normalized spacial score (nSPS) is 13.3. The van der Waals surface area contributed by atoms with Crippen LogP contribution in [0.25, 0.3) is 0 Å². The molecule has 7 heteroatoms. The number of nitrogens with one attached hydrogen (secondary N) is 2. The van der Waals surface area contributed by atoms with Crippen molar-refractivity contribution in [1.29, 1.82) is 0 Å². The first kappa shape index (κ1) is 16.6. The van der Waals surface area contributed by atoms with Crippen LogP contribution >= 0.6 is 22.9 Å². The first-order chi connectivity index (χ1) is 10.5. The van der Waals surface area contributed by atoms with Crippen molar-refractivity contribution in [2.75, 3.05) is 7.11 Å². The number of hydrogen-bond donors (Lipinski definition) is 2. The first-order valence-electron chi connectivity index (χ1n) is 6.81. The third-order valence-electron chi connectivity index (χ3n) is 3.22. The third kappa shape index (κ3) is 4.11. The second-order valence-corrected chi connectivity index (χ2v) is 6.57. The molecule has 0 aliphatic heterocycles. The zero-order chi connectivity index (χ0) is 16.1. The molecule has 0 fully saturated rings. The summed E-state index contributed by atoms with van der Waals surface area (Å²) in [6.45, 7) is 3.81. The van der Waals surface area contributed by atoms with Gasteiger partial charge >= 0.3 is 6.03 Å². The maximum atomic E-state index is 12.1. The number of hydrogen-bond acceptors (Lipinski definition) is 4. The van der Waals surface area contributed by atoms with Gasteiger partial charge in [-0.25, -0.2) is 4.79 Å². The summed E-state index contributed by atoms with van der Waals surface area (Å²) >= 11 is 7.36. The molecule has 0 aliphatic carbocycles. The minimum absolute atomic E-state index is 0.107. The summed E-state index contributed by atoms with van der Waals surface area (Å²) in [6, 6.07) is 5.01. The molecule has 0 saturated heterocycles. The van der Waals surface area contributed by atoms with E-state index < -0.39 is 0 Å². The second kappa shape index (κ2) is 7.47. The molecule has 0 aromatic carbocycles. The zero-order valence-corrected chi connectivity index (χ0v) is 14.2. The highest BCUT2D eigenvalue weighted by Crippen LogP contribution is 2.27. The number of urea groups is 1. The SMILES string of the molecule is COc1cnccc1C(C)NC(=O)NC(C)c1ccc(Cl)s1. The van der Waals surface area contributed by atoms with Crippen LogP contribution < -0.4 is 15.4 Å². The topological polar surface area (TPSA) is 63.2 Å². The molecule has 118 valence electrons. The van der Waals surface area contributed by atoms with Gasteiger partial charge < -0.3 is 15.4 Å². The lowest BCUT2D eigenvalue weighted by Gasteiger charge is -2.19. The van der Waals surface area contributed by atoms with E-state index >= 15 is 0 Å². The van der Waals surface area contributed by atoms with E-state index in [9.17, 15) is 4.79 Å². The van der Waals surface area contributed by atoms with Crippen LogP contribution in [0.5, 0.6) is 5.75 Å². The molecule has 0 radical (unpaired) electrons. The van der Waals surface area contributed by atoms with E-state index in [1.54, 1.807) is 19.5 Å². The number of halogens is 1. The molecule has 2 heterocycles. The molecule has 0 spiro atoms. The summed E-state index contributed by atoms with van der Waals surface area (Å²) in [5, 5.41) is 5.79. The van der Waals surface area contributed by atoms with E-state index in [-0.39, 0.29) is 18.1 Å². The quantitative estimate of drug-likeness (QED) is 0.867. The van der Waals surface area contributed by atoms with Crippen molar-refractivity contribution in [3.8, 4) is 5.75 Å². The summed E-state index contributed by atoms with van der Waals surface area (Å²) in [7, 11) is 1.58. The van der Waals surface area contributed by atoms with Crippen molar-refractivity contribution in [2.24, 2.45) is 0 Å². The van der Waals surface area contributed by atoms with Crippen LogP contribution in [0.3, 0.4) is 0 Å². The van der Waals surface area contributed by atoms with E-state index in [2.05, 4.69) is 15.6 Å². The molecule has 0 saturated carbocycles. The maximum absolute atomic E-state index is 12.1. The Labute approximate surface area is 138 Å². The van der Waals surface area contributed by atoms with E-state index in [1.807, 2.05) is 32.0 Å². The Kier molecular flexibility index (Phi) is 5.63. The third-order valence-corrected chi connectivity index (χ3v) is 4.63. The zero-order valence-electron chi connectivity index (χ0n) is 12.6. The number of aromatic nitrogens is 1. The van der Waals surface area contributed by atoms with Crippen LogP contribution in [-0.4, -0.2) is 18.1 Å². The fourth-order valence-electron chi connectivity index (χ4n) is 2.06. The highest BCUT2D eigenvalue weighted by Gasteiger charge is 2.16. The molecular formula is C15H18ClN3O2S. The minimum atomic E-state index is -0.247. The van der Waals surface area contributed by atoms with Crippen molar-refractivity contribution in [3.05, 3.63) is 45.4 Å². The van der Waals surface area contributed by atoms with Gasteiger partial charge in [-0.3, -0.25) is 4.98 Å². The number of rotatable bonds is 5. The predicted octanol–water partition coefficient (Wildman–Crippen LogP) is 3.93. The van der Waals surface area contributed by atoms with Gasteiger partial charge in [-0.05, 0) is 32.0 Å². The van der Waals surface area contributed by atoms with Crippen LogP contribution in [0, 0.1) is 0 Å². The van der Waals surface area contributed by atoms with E-state index in [0.29, 0.717) is 10.1 Å². The monoisotopic (exact) mass is 339 g/mol. The molecule has 0 bridgehead atoms. The Bertz CT molecular complexity index is 647. The lowest BCUT2D eigenvalue weighted by atomic mass is 10.1. The summed E-state index contributed by atoms with van der Waals surface area (Å²) in [6.07, 6.45) is 3.30. The molecule has 2 rings (SSSR count). The van der Waals surface area contributed by atoms with Gasteiger partial charge in [0.25, 0.3) is 0 Å². The molecular weight excluding hydrogens is 322 g/mol. The van der Waals surface area contributed by atoms with E-state index in [4.69, 9.17) is 16.3 Å². The fraction of sp³-hybridized carbons (Fsp3) is 0.333. The molecule has 2 unspecified atom stereocenters. The standard InChI is InChI=1S/C15H18ClN3O2S/c1-9(11-6-7-17-8-12(11)21-3)18-15(20)19-10(2)13-4-5-14(16)22-13/h4-10H,1-3H3,(H2,18,19,20). The number of nitrogens with zero attached hydrogens (tertiary/aromatic N) is 1. The van der Waals surface area contributed by atoms with Gasteiger partial charge in [-0.15, -0.1) is 11.3 Å². The molecule has 0 aliphatic rings. The number of amides is 2. The Morgan fingerprint density at radius 3 is 2.64 bits per heavy atom. The summed E-state index contributed by atoms with van der Waals surface area (Å²) < 4.78 is 5.96. The molecule has 2 aromatic rings. The highest BCUT2D eigenvalue weighted by atomic mass is 35.5. The van der Waals surface area contributed by atoms with Crippen LogP contribution in [0.2, 0.25) is 4.34 Å². The Hall–Kier alpha value is -1.79. The van der Waals surface area contributed by atoms with Gasteiger partial charge in [0.05, 0.1) is 29.7 Å². The maximum Gasteiger partial charge on any atom is 0.315 e. The largest absolute Gasteiger partial charge is 0.495 e. The lowest BCUT2D eigenvalue weighted by Crippen LogP contribution is -2.38. The Balaban J connectivity index is 1.96. The molecule has 22 heavy (non-hydrogen) atoms. The van der Waals surface area contributed by atoms with Gasteiger partial charge in [0, 0.05) is 16.6 Å². The van der Waals surface area contributed by atoms with Crippen molar-refractivity contribution in [3.63, 3.8) is 0 Å². The van der Waals surface area contributed by atoms with Gasteiger partial charge in [-0.1, -0.05) is 11.6 Å². The van der Waals surface area contributed by atoms with Crippen molar-refractivity contribution in [1.82, 2.24) is 15.6 Å². The summed E-state index contributed by atoms with van der Waals surface area (Å²) in [5.41, 5.74) is 0.875. The number of carbonyl (C=O) groups excluding carboxylic acids is 1. The van der Waals surface area contributed by atoms with Gasteiger partial charge in [0.15, 0.2) is 0 Å². The average Bonchev–Trinajstić information content (AvgIpc) is 2.93. The van der Waals surface area contributed by atoms with Crippen LogP contribution in [0.4, 0.5) is 4.79 Å². The predicted molar refractivity (Wildman–Crippen MR) is 88.6 cm³/mol. The van der Waals surface area contributed by atoms with Gasteiger partial charge in [0.1, 0.15) is 5.75 Å². The van der Waals surface area contributed by atoms with Crippen molar-refractivity contribution < 1.29 is 9.53 Å². The van der Waals surface area contributed by atoms with E-state index in [1.165, 1.54) is 11.3 Å². The van der Waals surface area contributed by atoms with Gasteiger partial charge in [0.2, 0.25) is 0 Å². The van der Waals surface area contributed by atoms with Crippen molar-refractivity contribution >= 4 is 29.0 Å². The number of carbonyl (C=O) groups is 1. The summed E-state index contributed by atoms with van der Waals surface area (Å²) in [5.74, 6) is 0.647. The number of ether oxygens (including phenoxy) is 1. The molecule has 2 atom stereocenters. The van der Waals surface area contributed by atoms with Crippen LogP contribution in [-0.2, 0) is 0 Å². The summed E-state index contributed by atoms with van der Waals surface area (Å²) in [4.78, 5) is 17.1. The Morgan fingerprint density at radius 2 is 2.00 bits per heavy atom. The minimum Gasteiger partial charge on any atom is -0.495 e. The molecule has 2 aromatic heterocycles. The average molecular weight is 340 g/mol. The van der Waals surface area contributed by atoms with Crippen molar-refractivity contribution in [2.45, 2.75) is 25.9 Å². The van der Waals surface area contributed by atoms with Crippen LogP contribution in [0.15, 0.2) is 30.6 Å². The number of pyridine rings is 1. The number of thiophene rings is 1. The second-order valence-electron chi connectivity index (χ2n) is 4.82. The molecule has 5 nitrogen and oxygen atoms in total. The van der Waals surface area contributed by atoms with Crippen LogP contribution in [0.1, 0.15) is 36.4 Å². The smallest absolute Gasteiger partial charge is 0.315 e. The lowest BCUT2D eigenvalue weighted by molar-refractivity contribution is 0.235. The van der Waals surface area contributed by atoms with E-state index in [0.717, 1.165) is 10.4 Å². The Morgan fingerprint density at radius 1 is 1.27 bits per heavy atom. The van der Waals surface area contributed by atoms with Gasteiger partial charge in [-0.2, -0.15) is 0 Å². The molecule has 2 N–H and O–H groups in total. The fourth-order valence-corrected chi connectivity index (χ4v) is 3.13. The first-order valence-corrected chi connectivity index (χ1v) is 8.01. The number of methoxy groups -OCH3 is 1.